The van der Waals surface area contributed by atoms with Crippen LogP contribution < -0.4 is 0 Å². The van der Waals surface area contributed by atoms with Gasteiger partial charge in [0, 0.05) is 24.8 Å². The molecule has 0 bridgehead atoms. The van der Waals surface area contributed by atoms with E-state index in [-0.39, 0.29) is 23.1 Å². The lowest BCUT2D eigenvalue weighted by Crippen LogP contribution is -2.38. The zero-order valence-corrected chi connectivity index (χ0v) is 19.2. The minimum Gasteiger partial charge on any atom is -0.335 e. The number of carbonyl (C=O) groups is 1. The van der Waals surface area contributed by atoms with Gasteiger partial charge >= 0.3 is 0 Å². The quantitative estimate of drug-likeness (QED) is 0.371. The molecular weight excluding hydrogens is 408 g/mol. The number of amides is 1. The fraction of sp³-hybridized carbons (Fsp3) is 0.385. The van der Waals surface area contributed by atoms with Crippen molar-refractivity contribution in [2.45, 2.75) is 53.1 Å². The van der Waals surface area contributed by atoms with E-state index in [0.717, 1.165) is 24.8 Å². The molecule has 0 aliphatic carbocycles. The summed E-state index contributed by atoms with van der Waals surface area (Å²) in [5.41, 5.74) is 1.75. The third-order valence-corrected chi connectivity index (χ3v) is 5.47. The first-order chi connectivity index (χ1) is 15.2. The highest BCUT2D eigenvalue weighted by Crippen LogP contribution is 2.38. The number of hydrogen-bond donors (Lipinski definition) is 0. The molecule has 0 unspecified atom stereocenters. The smallest absolute Gasteiger partial charge is 0.210 e. The zero-order chi connectivity index (χ0) is 23.3. The molecule has 0 saturated heterocycles. The van der Waals surface area contributed by atoms with E-state index in [0.29, 0.717) is 30.2 Å². The fourth-order valence-electron chi connectivity index (χ4n) is 4.01. The van der Waals surface area contributed by atoms with Crippen molar-refractivity contribution in [3.63, 3.8) is 0 Å². The Kier molecular flexibility index (Phi) is 7.44. The molecule has 0 fully saturated rings. The molecule has 1 atom stereocenters. The van der Waals surface area contributed by atoms with Gasteiger partial charge in [0.15, 0.2) is 0 Å². The van der Waals surface area contributed by atoms with E-state index in [2.05, 4.69) is 27.7 Å². The highest BCUT2D eigenvalue weighted by Gasteiger charge is 2.35. The molecule has 0 saturated carbocycles. The van der Waals surface area contributed by atoms with Crippen LogP contribution in [0.25, 0.3) is 11.3 Å². The molecule has 3 rings (SSSR count). The SMILES string of the molecule is CCCCN(C=O)[C@@H](c1nc(-c2cccc(F)c2)cn1Cc1cccc(F)c1)C(C)(C)C. The standard InChI is InChI=1S/C26H31F2N3O/c1-5-6-13-30(18-32)24(26(2,3)4)25-29-23(20-10-8-12-22(28)15-20)17-31(25)16-19-9-7-11-21(27)14-19/h7-12,14-15,17-18,24H,5-6,13,16H2,1-4H3/t24-/m0/s1. The molecular formula is C26H31F2N3O. The van der Waals surface area contributed by atoms with Crippen molar-refractivity contribution in [2.75, 3.05) is 6.54 Å². The number of halogens is 2. The van der Waals surface area contributed by atoms with E-state index in [9.17, 15) is 13.6 Å². The molecule has 1 amide bonds. The summed E-state index contributed by atoms with van der Waals surface area (Å²) in [6.07, 6.45) is 4.59. The maximum absolute atomic E-state index is 13.9. The molecule has 0 aliphatic rings. The Bertz CT molecular complexity index is 1060. The van der Waals surface area contributed by atoms with Crippen LogP contribution in [0.4, 0.5) is 8.78 Å². The predicted molar refractivity (Wildman–Crippen MR) is 123 cm³/mol. The number of hydrogen-bond acceptors (Lipinski definition) is 2. The van der Waals surface area contributed by atoms with E-state index in [1.165, 1.54) is 24.3 Å². The Labute approximate surface area is 188 Å². The molecule has 1 aromatic heterocycles. The van der Waals surface area contributed by atoms with Gasteiger partial charge in [-0.25, -0.2) is 13.8 Å². The van der Waals surface area contributed by atoms with Crippen LogP contribution in [0.15, 0.2) is 54.7 Å². The minimum absolute atomic E-state index is 0.303. The Balaban J connectivity index is 2.14. The van der Waals surface area contributed by atoms with E-state index >= 15 is 0 Å². The summed E-state index contributed by atoms with van der Waals surface area (Å²) in [5.74, 6) is 0.0529. The predicted octanol–water partition coefficient (Wildman–Crippen LogP) is 6.22. The number of carbonyl (C=O) groups excluding carboxylic acids is 1. The number of aromatic nitrogens is 2. The van der Waals surface area contributed by atoms with Crippen molar-refractivity contribution in [2.24, 2.45) is 5.41 Å². The third kappa shape index (κ3) is 5.61. The molecule has 0 radical (unpaired) electrons. The Hall–Kier alpha value is -3.02. The number of nitrogens with zero attached hydrogens (tertiary/aromatic N) is 3. The van der Waals surface area contributed by atoms with Crippen LogP contribution in [0.3, 0.4) is 0 Å². The normalized spacial score (nSPS) is 12.6. The summed E-state index contributed by atoms with van der Waals surface area (Å²) in [5, 5.41) is 0. The maximum Gasteiger partial charge on any atom is 0.210 e. The molecule has 2 aromatic carbocycles. The van der Waals surface area contributed by atoms with E-state index in [1.54, 1.807) is 17.0 Å². The van der Waals surface area contributed by atoms with Crippen molar-refractivity contribution in [3.8, 4) is 11.3 Å². The summed E-state index contributed by atoms with van der Waals surface area (Å²) < 4.78 is 29.7. The molecule has 170 valence electrons. The van der Waals surface area contributed by atoms with Gasteiger partial charge in [0.2, 0.25) is 6.41 Å². The van der Waals surface area contributed by atoms with Gasteiger partial charge in [-0.05, 0) is 41.7 Å². The Morgan fingerprint density at radius 3 is 2.38 bits per heavy atom. The molecule has 0 N–H and O–H groups in total. The molecule has 0 spiro atoms. The Morgan fingerprint density at radius 2 is 1.78 bits per heavy atom. The van der Waals surface area contributed by atoms with Crippen molar-refractivity contribution >= 4 is 6.41 Å². The fourth-order valence-corrected chi connectivity index (χ4v) is 4.01. The van der Waals surface area contributed by atoms with E-state index in [4.69, 9.17) is 4.98 Å². The van der Waals surface area contributed by atoms with Crippen LogP contribution in [-0.4, -0.2) is 27.4 Å². The van der Waals surface area contributed by atoms with Crippen LogP contribution >= 0.6 is 0 Å². The van der Waals surface area contributed by atoms with Crippen LogP contribution in [-0.2, 0) is 11.3 Å². The maximum atomic E-state index is 13.9. The first-order valence-electron chi connectivity index (χ1n) is 11.0. The molecule has 3 aromatic rings. The summed E-state index contributed by atoms with van der Waals surface area (Å²) in [6.45, 7) is 9.31. The van der Waals surface area contributed by atoms with E-state index in [1.807, 2.05) is 22.9 Å². The molecule has 32 heavy (non-hydrogen) atoms. The second-order valence-corrected chi connectivity index (χ2v) is 9.22. The van der Waals surface area contributed by atoms with Crippen LogP contribution in [0.5, 0.6) is 0 Å². The van der Waals surface area contributed by atoms with Crippen molar-refractivity contribution in [1.82, 2.24) is 14.5 Å². The lowest BCUT2D eigenvalue weighted by molar-refractivity contribution is -0.123. The van der Waals surface area contributed by atoms with Gasteiger partial charge in [-0.1, -0.05) is 58.4 Å². The highest BCUT2D eigenvalue weighted by atomic mass is 19.1. The largest absolute Gasteiger partial charge is 0.335 e. The van der Waals surface area contributed by atoms with Crippen LogP contribution in [0.1, 0.15) is 58.0 Å². The summed E-state index contributed by atoms with van der Waals surface area (Å²) in [7, 11) is 0. The molecule has 0 aliphatic heterocycles. The first kappa shape index (κ1) is 23.6. The van der Waals surface area contributed by atoms with Gasteiger partial charge < -0.3 is 9.47 Å². The number of rotatable bonds is 9. The van der Waals surface area contributed by atoms with Gasteiger partial charge in [0.25, 0.3) is 0 Å². The summed E-state index contributed by atoms with van der Waals surface area (Å²) in [4.78, 5) is 18.8. The van der Waals surface area contributed by atoms with Crippen molar-refractivity contribution in [1.29, 1.82) is 0 Å². The minimum atomic E-state index is -0.339. The van der Waals surface area contributed by atoms with Crippen molar-refractivity contribution < 1.29 is 13.6 Å². The zero-order valence-electron chi connectivity index (χ0n) is 19.2. The number of imidazole rings is 1. The molecule has 1 heterocycles. The number of benzene rings is 2. The van der Waals surface area contributed by atoms with Gasteiger partial charge in [-0.3, -0.25) is 4.79 Å². The number of unbranched alkanes of at least 4 members (excludes halogenated alkanes) is 1. The van der Waals surface area contributed by atoms with Gasteiger partial charge in [0.05, 0.1) is 11.7 Å². The van der Waals surface area contributed by atoms with Gasteiger partial charge in [-0.2, -0.15) is 0 Å². The van der Waals surface area contributed by atoms with E-state index < -0.39 is 0 Å². The topological polar surface area (TPSA) is 38.1 Å². The summed E-state index contributed by atoms with van der Waals surface area (Å²) >= 11 is 0. The average Bonchev–Trinajstić information content (AvgIpc) is 3.13. The second kappa shape index (κ2) is 10.1. The molecule has 6 heteroatoms. The second-order valence-electron chi connectivity index (χ2n) is 9.22. The summed E-state index contributed by atoms with van der Waals surface area (Å²) in [6, 6.07) is 12.4. The van der Waals surface area contributed by atoms with Crippen LogP contribution in [0.2, 0.25) is 0 Å². The highest BCUT2D eigenvalue weighted by molar-refractivity contribution is 5.59. The first-order valence-corrected chi connectivity index (χ1v) is 11.0. The Morgan fingerprint density at radius 1 is 1.09 bits per heavy atom. The third-order valence-electron chi connectivity index (χ3n) is 5.47. The monoisotopic (exact) mass is 439 g/mol. The lowest BCUT2D eigenvalue weighted by atomic mass is 9.85. The van der Waals surface area contributed by atoms with Crippen LogP contribution in [0, 0.1) is 17.0 Å². The molecule has 4 nitrogen and oxygen atoms in total. The van der Waals surface area contributed by atoms with Gasteiger partial charge in [-0.15, -0.1) is 0 Å². The van der Waals surface area contributed by atoms with Gasteiger partial charge in [0.1, 0.15) is 17.5 Å². The lowest BCUT2D eigenvalue weighted by Gasteiger charge is -2.38. The average molecular weight is 440 g/mol. The van der Waals surface area contributed by atoms with Crippen molar-refractivity contribution in [3.05, 3.63) is 77.8 Å².